The molecule has 1 rings (SSSR count). The molecule has 18 heavy (non-hydrogen) atoms. The maximum Gasteiger partial charge on any atom is 0.0580 e. The van der Waals surface area contributed by atoms with E-state index in [9.17, 15) is 0 Å². The average molecular weight is 255 g/mol. The third kappa shape index (κ3) is 6.75. The molecule has 1 aliphatic carbocycles. The van der Waals surface area contributed by atoms with Gasteiger partial charge in [-0.25, -0.2) is 0 Å². The molecule has 2 nitrogen and oxygen atoms in total. The Balaban J connectivity index is 2.19. The lowest BCUT2D eigenvalue weighted by atomic mass is 9.82. The highest BCUT2D eigenvalue weighted by Crippen LogP contribution is 2.30. The highest BCUT2D eigenvalue weighted by atomic mass is 16.5. The van der Waals surface area contributed by atoms with Crippen molar-refractivity contribution in [2.75, 3.05) is 13.2 Å². The summed E-state index contributed by atoms with van der Waals surface area (Å²) in [5.74, 6) is 2.26. The summed E-state index contributed by atoms with van der Waals surface area (Å²) in [6.45, 7) is 15.6. The number of rotatable bonds is 5. The van der Waals surface area contributed by atoms with Crippen molar-refractivity contribution >= 4 is 0 Å². The maximum atomic E-state index is 6.11. The molecular weight excluding hydrogens is 222 g/mol. The Hall–Kier alpha value is -0.0800. The Morgan fingerprint density at radius 2 is 1.67 bits per heavy atom. The van der Waals surface area contributed by atoms with Gasteiger partial charge in [-0.3, -0.25) is 0 Å². The molecule has 2 heteroatoms. The maximum absolute atomic E-state index is 6.11. The van der Waals surface area contributed by atoms with Crippen LogP contribution in [0.15, 0.2) is 0 Å². The van der Waals surface area contributed by atoms with E-state index in [4.69, 9.17) is 4.74 Å². The molecule has 1 fully saturated rings. The predicted molar refractivity (Wildman–Crippen MR) is 78.8 cm³/mol. The van der Waals surface area contributed by atoms with E-state index in [0.717, 1.165) is 25.0 Å². The smallest absolute Gasteiger partial charge is 0.0580 e. The van der Waals surface area contributed by atoms with Crippen molar-refractivity contribution in [2.24, 2.45) is 17.8 Å². The van der Waals surface area contributed by atoms with Crippen molar-refractivity contribution < 1.29 is 4.74 Å². The summed E-state index contributed by atoms with van der Waals surface area (Å²) in [5, 5.41) is 3.55. The monoisotopic (exact) mass is 255 g/mol. The minimum Gasteiger partial charge on any atom is -0.378 e. The van der Waals surface area contributed by atoms with Crippen LogP contribution in [0.25, 0.3) is 0 Å². The van der Waals surface area contributed by atoms with E-state index in [1.165, 1.54) is 19.3 Å². The molecule has 0 aromatic carbocycles. The van der Waals surface area contributed by atoms with Crippen molar-refractivity contribution in [3.63, 3.8) is 0 Å². The summed E-state index contributed by atoms with van der Waals surface area (Å²) in [6, 6.07) is 0. The second-order valence-electron chi connectivity index (χ2n) is 7.61. The van der Waals surface area contributed by atoms with E-state index >= 15 is 0 Å². The highest BCUT2D eigenvalue weighted by molar-refractivity contribution is 4.76. The molecule has 1 aliphatic rings. The van der Waals surface area contributed by atoms with Crippen LogP contribution in [0.5, 0.6) is 0 Å². The van der Waals surface area contributed by atoms with Gasteiger partial charge in [0.2, 0.25) is 0 Å². The predicted octanol–water partition coefficient (Wildman–Crippen LogP) is 3.85. The first kappa shape index (κ1) is 16.0. The lowest BCUT2D eigenvalue weighted by Crippen LogP contribution is -2.40. The van der Waals surface area contributed by atoms with Gasteiger partial charge in [0.15, 0.2) is 0 Å². The summed E-state index contributed by atoms with van der Waals surface area (Å²) < 4.78 is 6.11. The second-order valence-corrected chi connectivity index (χ2v) is 7.61. The Kier molecular flexibility index (Phi) is 6.13. The summed E-state index contributed by atoms with van der Waals surface area (Å²) in [4.78, 5) is 0. The molecule has 1 N–H and O–H groups in total. The molecule has 0 aromatic rings. The summed E-state index contributed by atoms with van der Waals surface area (Å²) in [7, 11) is 0. The molecule has 0 aromatic heterocycles. The van der Waals surface area contributed by atoms with Gasteiger partial charge in [0.1, 0.15) is 0 Å². The number of hydrogen-bond acceptors (Lipinski definition) is 2. The molecule has 0 aliphatic heterocycles. The fourth-order valence-electron chi connectivity index (χ4n) is 2.85. The average Bonchev–Trinajstić information content (AvgIpc) is 2.21. The van der Waals surface area contributed by atoms with Crippen molar-refractivity contribution in [2.45, 2.75) is 72.4 Å². The van der Waals surface area contributed by atoms with Crippen LogP contribution in [0.1, 0.15) is 60.8 Å². The Labute approximate surface area is 114 Å². The van der Waals surface area contributed by atoms with Crippen LogP contribution in [0.2, 0.25) is 0 Å². The minimum absolute atomic E-state index is 0.210. The van der Waals surface area contributed by atoms with E-state index in [1.807, 2.05) is 0 Å². The van der Waals surface area contributed by atoms with Gasteiger partial charge in [-0.1, -0.05) is 20.8 Å². The topological polar surface area (TPSA) is 21.3 Å². The van der Waals surface area contributed by atoms with Crippen molar-refractivity contribution in [3.05, 3.63) is 0 Å². The van der Waals surface area contributed by atoms with Crippen LogP contribution < -0.4 is 5.32 Å². The highest BCUT2D eigenvalue weighted by Gasteiger charge is 2.24. The van der Waals surface area contributed by atoms with E-state index in [0.29, 0.717) is 12.0 Å². The lowest BCUT2D eigenvalue weighted by molar-refractivity contribution is -0.0136. The van der Waals surface area contributed by atoms with Crippen LogP contribution in [-0.4, -0.2) is 24.8 Å². The fraction of sp³-hybridized carbons (Fsp3) is 1.00. The SMILES string of the molecule is CC(CNC(C)(C)C)COC1CC(C)CC(C)C1. The first-order valence-electron chi connectivity index (χ1n) is 7.63. The number of ether oxygens (including phenoxy) is 1. The fourth-order valence-corrected chi connectivity index (χ4v) is 2.85. The Bertz CT molecular complexity index is 224. The van der Waals surface area contributed by atoms with Gasteiger partial charge < -0.3 is 10.1 Å². The molecule has 108 valence electrons. The molecule has 3 atom stereocenters. The molecule has 0 heterocycles. The molecule has 0 spiro atoms. The van der Waals surface area contributed by atoms with Crippen molar-refractivity contribution in [3.8, 4) is 0 Å². The van der Waals surface area contributed by atoms with E-state index in [-0.39, 0.29) is 5.54 Å². The molecule has 0 amide bonds. The van der Waals surface area contributed by atoms with E-state index in [1.54, 1.807) is 0 Å². The van der Waals surface area contributed by atoms with Crippen LogP contribution in [0.4, 0.5) is 0 Å². The zero-order valence-electron chi connectivity index (χ0n) is 13.3. The third-order valence-corrected chi connectivity index (χ3v) is 3.73. The van der Waals surface area contributed by atoms with Gasteiger partial charge in [-0.05, 0) is 57.8 Å². The molecule has 0 radical (unpaired) electrons. The first-order valence-corrected chi connectivity index (χ1v) is 7.63. The van der Waals surface area contributed by atoms with Gasteiger partial charge in [-0.15, -0.1) is 0 Å². The number of hydrogen-bond donors (Lipinski definition) is 1. The number of nitrogens with one attached hydrogen (secondary N) is 1. The summed E-state index contributed by atoms with van der Waals surface area (Å²) in [6.07, 6.45) is 4.38. The van der Waals surface area contributed by atoms with Crippen molar-refractivity contribution in [1.29, 1.82) is 0 Å². The third-order valence-electron chi connectivity index (χ3n) is 3.73. The molecule has 3 unspecified atom stereocenters. The normalized spacial score (nSPS) is 31.3. The van der Waals surface area contributed by atoms with E-state index < -0.39 is 0 Å². The summed E-state index contributed by atoms with van der Waals surface area (Å²) >= 11 is 0. The van der Waals surface area contributed by atoms with Gasteiger partial charge in [-0.2, -0.15) is 0 Å². The van der Waals surface area contributed by atoms with Crippen molar-refractivity contribution in [1.82, 2.24) is 5.32 Å². The quantitative estimate of drug-likeness (QED) is 0.805. The standard InChI is InChI=1S/C16H33NO/c1-12-7-13(2)9-15(8-12)18-11-14(3)10-17-16(4,5)6/h12-15,17H,7-11H2,1-6H3. The van der Waals surface area contributed by atoms with Gasteiger partial charge in [0.05, 0.1) is 12.7 Å². The Morgan fingerprint density at radius 1 is 1.11 bits per heavy atom. The zero-order valence-corrected chi connectivity index (χ0v) is 13.3. The minimum atomic E-state index is 0.210. The lowest BCUT2D eigenvalue weighted by Gasteiger charge is -2.32. The molecule has 0 bridgehead atoms. The van der Waals surface area contributed by atoms with Gasteiger partial charge in [0.25, 0.3) is 0 Å². The van der Waals surface area contributed by atoms with E-state index in [2.05, 4.69) is 46.9 Å². The second kappa shape index (κ2) is 6.91. The van der Waals surface area contributed by atoms with Crippen LogP contribution >= 0.6 is 0 Å². The van der Waals surface area contributed by atoms with Crippen LogP contribution in [0, 0.1) is 17.8 Å². The Morgan fingerprint density at radius 3 is 2.17 bits per heavy atom. The zero-order chi connectivity index (χ0) is 13.8. The largest absolute Gasteiger partial charge is 0.378 e. The van der Waals surface area contributed by atoms with Gasteiger partial charge >= 0.3 is 0 Å². The molecule has 0 saturated heterocycles. The van der Waals surface area contributed by atoms with Crippen LogP contribution in [-0.2, 0) is 4.74 Å². The van der Waals surface area contributed by atoms with Crippen LogP contribution in [0.3, 0.4) is 0 Å². The summed E-state index contributed by atoms with van der Waals surface area (Å²) in [5.41, 5.74) is 0.210. The first-order chi connectivity index (χ1) is 8.26. The molecule has 1 saturated carbocycles. The molecular formula is C16H33NO. The van der Waals surface area contributed by atoms with Gasteiger partial charge in [0, 0.05) is 12.1 Å².